The molecule has 1 aromatic carbocycles. The van der Waals surface area contributed by atoms with E-state index < -0.39 is 0 Å². The normalized spacial score (nSPS) is 26.4. The van der Waals surface area contributed by atoms with Gasteiger partial charge in [-0.25, -0.2) is 0 Å². The first-order valence-corrected chi connectivity index (χ1v) is 6.12. The number of nitrogens with zero attached hydrogens (tertiary/aromatic N) is 1. The van der Waals surface area contributed by atoms with Crippen molar-refractivity contribution < 1.29 is 9.94 Å². The van der Waals surface area contributed by atoms with Gasteiger partial charge in [0.1, 0.15) is 0 Å². The lowest BCUT2D eigenvalue weighted by molar-refractivity contribution is -0.189. The van der Waals surface area contributed by atoms with E-state index in [0.29, 0.717) is 6.61 Å². The molecule has 17 heavy (non-hydrogen) atoms. The Morgan fingerprint density at radius 3 is 2.47 bits per heavy atom. The highest BCUT2D eigenvalue weighted by molar-refractivity contribution is 5.20. The second-order valence-corrected chi connectivity index (χ2v) is 5.59. The van der Waals surface area contributed by atoms with Crippen LogP contribution >= 0.6 is 0 Å². The molecule has 94 valence electrons. The average molecular weight is 235 g/mol. The Hall–Kier alpha value is -0.900. The van der Waals surface area contributed by atoms with Crippen molar-refractivity contribution in [3.8, 4) is 0 Å². The fraction of sp³-hybridized carbons (Fsp3) is 0.571. The number of aliphatic hydroxyl groups is 1. The van der Waals surface area contributed by atoms with Crippen LogP contribution < -0.4 is 0 Å². The van der Waals surface area contributed by atoms with Crippen LogP contribution in [-0.4, -0.2) is 28.9 Å². The lowest BCUT2D eigenvalue weighted by Crippen LogP contribution is -2.41. The maximum atomic E-state index is 9.47. The third-order valence-corrected chi connectivity index (χ3v) is 3.16. The van der Waals surface area contributed by atoms with Crippen molar-refractivity contribution in [3.63, 3.8) is 0 Å². The van der Waals surface area contributed by atoms with E-state index >= 15 is 0 Å². The van der Waals surface area contributed by atoms with Gasteiger partial charge in [-0.3, -0.25) is 4.84 Å². The van der Waals surface area contributed by atoms with Gasteiger partial charge in [0.05, 0.1) is 19.3 Å². The number of aliphatic hydroxyl groups excluding tert-OH is 1. The zero-order valence-electron chi connectivity index (χ0n) is 10.8. The summed E-state index contributed by atoms with van der Waals surface area (Å²) >= 11 is 0. The van der Waals surface area contributed by atoms with Gasteiger partial charge in [-0.2, -0.15) is 5.06 Å². The first-order chi connectivity index (χ1) is 8.04. The lowest BCUT2D eigenvalue weighted by Gasteiger charge is -2.36. The summed E-state index contributed by atoms with van der Waals surface area (Å²) in [7, 11) is 0. The van der Waals surface area contributed by atoms with Crippen molar-refractivity contribution in [3.05, 3.63) is 35.9 Å². The maximum Gasteiger partial charge on any atom is 0.0755 e. The quantitative estimate of drug-likeness (QED) is 0.854. The van der Waals surface area contributed by atoms with E-state index in [9.17, 15) is 5.11 Å². The minimum Gasteiger partial charge on any atom is -0.396 e. The summed E-state index contributed by atoms with van der Waals surface area (Å²) in [5.41, 5.74) is 1.14. The van der Waals surface area contributed by atoms with E-state index in [4.69, 9.17) is 4.84 Å². The molecule has 1 heterocycles. The number of benzene rings is 1. The molecular formula is C14H21NO2. The highest BCUT2D eigenvalue weighted by Crippen LogP contribution is 2.39. The van der Waals surface area contributed by atoms with Crippen molar-refractivity contribution in [2.24, 2.45) is 5.92 Å². The Morgan fingerprint density at radius 2 is 1.94 bits per heavy atom. The van der Waals surface area contributed by atoms with Crippen LogP contribution in [0, 0.1) is 5.92 Å². The first-order valence-electron chi connectivity index (χ1n) is 6.12. The summed E-state index contributed by atoms with van der Waals surface area (Å²) in [4.78, 5) is 5.76. The third kappa shape index (κ3) is 2.51. The summed E-state index contributed by atoms with van der Waals surface area (Å²) in [6, 6.07) is 10.4. The second kappa shape index (κ2) is 4.77. The molecule has 1 aliphatic rings. The summed E-state index contributed by atoms with van der Waals surface area (Å²) < 4.78 is 0. The monoisotopic (exact) mass is 235 g/mol. The Kier molecular flexibility index (Phi) is 3.52. The van der Waals surface area contributed by atoms with Gasteiger partial charge in [-0.1, -0.05) is 30.3 Å². The predicted molar refractivity (Wildman–Crippen MR) is 67.3 cm³/mol. The number of hydrogen-bond acceptors (Lipinski definition) is 3. The molecule has 3 nitrogen and oxygen atoms in total. The summed E-state index contributed by atoms with van der Waals surface area (Å²) in [6.07, 6.45) is 0. The van der Waals surface area contributed by atoms with E-state index in [1.807, 2.05) is 23.3 Å². The minimum absolute atomic E-state index is 0.0651. The van der Waals surface area contributed by atoms with Gasteiger partial charge in [0.2, 0.25) is 0 Å². The molecule has 0 bridgehead atoms. The molecule has 1 fully saturated rings. The molecule has 0 amide bonds. The largest absolute Gasteiger partial charge is 0.396 e. The van der Waals surface area contributed by atoms with Gasteiger partial charge >= 0.3 is 0 Å². The predicted octanol–water partition coefficient (Wildman–Crippen LogP) is 2.38. The molecule has 2 rings (SSSR count). The van der Waals surface area contributed by atoms with Crippen LogP contribution in [0.15, 0.2) is 30.3 Å². The minimum atomic E-state index is -0.0651. The highest BCUT2D eigenvalue weighted by Gasteiger charge is 2.41. The standard InChI is InChI=1S/C14H21NO2/c1-14(2,3)15-13(12(9-16)10-17-15)11-7-5-4-6-8-11/h4-8,12-13,16H,9-10H2,1-3H3/t12-,13-/m1/s1. The van der Waals surface area contributed by atoms with Gasteiger partial charge in [0.25, 0.3) is 0 Å². The second-order valence-electron chi connectivity index (χ2n) is 5.59. The number of rotatable bonds is 2. The Balaban J connectivity index is 2.31. The Bertz CT molecular complexity index is 358. The van der Waals surface area contributed by atoms with Crippen LogP contribution in [0.25, 0.3) is 0 Å². The van der Waals surface area contributed by atoms with Crippen molar-refractivity contribution in [2.45, 2.75) is 32.4 Å². The topological polar surface area (TPSA) is 32.7 Å². The van der Waals surface area contributed by atoms with Crippen LogP contribution in [0.2, 0.25) is 0 Å². The van der Waals surface area contributed by atoms with E-state index in [-0.39, 0.29) is 24.1 Å². The van der Waals surface area contributed by atoms with Crippen molar-refractivity contribution in [1.29, 1.82) is 0 Å². The molecule has 1 aliphatic heterocycles. The molecule has 0 aromatic heterocycles. The van der Waals surface area contributed by atoms with Crippen molar-refractivity contribution >= 4 is 0 Å². The summed E-state index contributed by atoms with van der Waals surface area (Å²) in [6.45, 7) is 7.13. The molecular weight excluding hydrogens is 214 g/mol. The van der Waals surface area contributed by atoms with Crippen LogP contribution in [0.1, 0.15) is 32.4 Å². The molecule has 2 atom stereocenters. The molecule has 0 aliphatic carbocycles. The molecule has 0 spiro atoms. The molecule has 1 aromatic rings. The van der Waals surface area contributed by atoms with E-state index in [2.05, 4.69) is 32.9 Å². The van der Waals surface area contributed by atoms with Gasteiger partial charge < -0.3 is 5.11 Å². The summed E-state index contributed by atoms with van der Waals surface area (Å²) in [5.74, 6) is 0.150. The summed E-state index contributed by atoms with van der Waals surface area (Å²) in [5, 5.41) is 11.5. The Morgan fingerprint density at radius 1 is 1.29 bits per heavy atom. The van der Waals surface area contributed by atoms with Gasteiger partial charge in [-0.05, 0) is 26.3 Å². The molecule has 3 heteroatoms. The van der Waals surface area contributed by atoms with Crippen LogP contribution in [0.3, 0.4) is 0 Å². The van der Waals surface area contributed by atoms with E-state index in [0.717, 1.165) is 0 Å². The fourth-order valence-corrected chi connectivity index (χ4v) is 2.36. The molecule has 1 N–H and O–H groups in total. The zero-order valence-corrected chi connectivity index (χ0v) is 10.8. The first kappa shape index (κ1) is 12.6. The van der Waals surface area contributed by atoms with Gasteiger partial charge in [0.15, 0.2) is 0 Å². The fourth-order valence-electron chi connectivity index (χ4n) is 2.36. The maximum absolute atomic E-state index is 9.47. The van der Waals surface area contributed by atoms with E-state index in [1.165, 1.54) is 5.56 Å². The molecule has 0 radical (unpaired) electrons. The van der Waals surface area contributed by atoms with Crippen LogP contribution in [0.5, 0.6) is 0 Å². The van der Waals surface area contributed by atoms with Crippen LogP contribution in [-0.2, 0) is 4.84 Å². The lowest BCUT2D eigenvalue weighted by atomic mass is 9.92. The van der Waals surface area contributed by atoms with Gasteiger partial charge in [-0.15, -0.1) is 0 Å². The average Bonchev–Trinajstić information content (AvgIpc) is 2.73. The smallest absolute Gasteiger partial charge is 0.0755 e. The van der Waals surface area contributed by atoms with Gasteiger partial charge in [0, 0.05) is 11.5 Å². The van der Waals surface area contributed by atoms with Crippen LogP contribution in [0.4, 0.5) is 0 Å². The SMILES string of the molecule is CC(C)(C)N1OC[C@@H](CO)[C@H]1c1ccccc1. The van der Waals surface area contributed by atoms with Crippen molar-refractivity contribution in [2.75, 3.05) is 13.2 Å². The number of hydrogen-bond donors (Lipinski definition) is 1. The van der Waals surface area contributed by atoms with E-state index in [1.54, 1.807) is 0 Å². The zero-order chi connectivity index (χ0) is 12.5. The third-order valence-electron chi connectivity index (χ3n) is 3.16. The highest BCUT2D eigenvalue weighted by atomic mass is 16.7. The van der Waals surface area contributed by atoms with Crippen molar-refractivity contribution in [1.82, 2.24) is 5.06 Å². The molecule has 0 unspecified atom stereocenters. The molecule has 0 saturated carbocycles. The molecule has 1 saturated heterocycles. The Labute approximate surface area is 103 Å². The number of hydroxylamine groups is 2.